The fourth-order valence-corrected chi connectivity index (χ4v) is 2.45. The van der Waals surface area contributed by atoms with Crippen LogP contribution in [0.4, 0.5) is 20.6 Å². The van der Waals surface area contributed by atoms with Crippen LogP contribution in [-0.2, 0) is 17.8 Å². The van der Waals surface area contributed by atoms with Crippen LogP contribution < -0.4 is 5.32 Å². The molecule has 150 valence electrons. The Hall–Kier alpha value is -3.16. The summed E-state index contributed by atoms with van der Waals surface area (Å²) < 4.78 is 18.7. The van der Waals surface area contributed by atoms with Gasteiger partial charge in [-0.1, -0.05) is 24.3 Å². The summed E-state index contributed by atoms with van der Waals surface area (Å²) in [6, 6.07) is 10.7. The van der Waals surface area contributed by atoms with Gasteiger partial charge in [0.05, 0.1) is 4.92 Å². The van der Waals surface area contributed by atoms with Gasteiger partial charge in [-0.3, -0.25) is 10.1 Å². The number of hydrogen-bond acceptors (Lipinski definition) is 5. The van der Waals surface area contributed by atoms with E-state index in [1.165, 1.54) is 4.90 Å². The zero-order valence-electron chi connectivity index (χ0n) is 16.4. The molecule has 0 saturated carbocycles. The molecule has 0 heterocycles. The second kappa shape index (κ2) is 8.69. The van der Waals surface area contributed by atoms with Crippen molar-refractivity contribution in [2.75, 3.05) is 12.4 Å². The van der Waals surface area contributed by atoms with Crippen LogP contribution in [0.1, 0.15) is 31.9 Å². The zero-order chi connectivity index (χ0) is 20.9. The SMILES string of the molecule is CN(Cc1ccc(CNc2cc(F)ccc2[N+](=O)[O-])cc1)C(=O)OC(C)(C)C. The minimum Gasteiger partial charge on any atom is -0.444 e. The number of nitrogens with one attached hydrogen (secondary N) is 1. The maximum Gasteiger partial charge on any atom is 0.410 e. The van der Waals surface area contributed by atoms with Gasteiger partial charge < -0.3 is 15.0 Å². The third-order valence-corrected chi connectivity index (χ3v) is 3.79. The molecule has 0 fully saturated rings. The van der Waals surface area contributed by atoms with E-state index >= 15 is 0 Å². The molecule has 0 aromatic heterocycles. The van der Waals surface area contributed by atoms with Crippen LogP contribution in [0.25, 0.3) is 0 Å². The van der Waals surface area contributed by atoms with Crippen LogP contribution in [-0.4, -0.2) is 28.6 Å². The van der Waals surface area contributed by atoms with Gasteiger partial charge >= 0.3 is 6.09 Å². The molecule has 2 aromatic carbocycles. The summed E-state index contributed by atoms with van der Waals surface area (Å²) in [7, 11) is 1.66. The number of nitrogens with zero attached hydrogens (tertiary/aromatic N) is 2. The molecular formula is C20H24FN3O4. The highest BCUT2D eigenvalue weighted by Gasteiger charge is 2.19. The summed E-state index contributed by atoms with van der Waals surface area (Å²) in [6.07, 6.45) is -0.406. The van der Waals surface area contributed by atoms with Gasteiger partial charge in [0.25, 0.3) is 5.69 Å². The van der Waals surface area contributed by atoms with E-state index < -0.39 is 22.4 Å². The minimum atomic E-state index is -0.558. The number of carbonyl (C=O) groups excluding carboxylic acids is 1. The van der Waals surface area contributed by atoms with Crippen molar-refractivity contribution in [3.05, 3.63) is 69.5 Å². The van der Waals surface area contributed by atoms with Gasteiger partial charge in [0, 0.05) is 32.3 Å². The van der Waals surface area contributed by atoms with E-state index in [1.54, 1.807) is 7.05 Å². The molecule has 8 heteroatoms. The third kappa shape index (κ3) is 6.22. The Balaban J connectivity index is 1.97. The Morgan fingerprint density at radius 1 is 1.18 bits per heavy atom. The second-order valence-electron chi connectivity index (χ2n) is 7.43. The van der Waals surface area contributed by atoms with E-state index in [1.807, 2.05) is 45.0 Å². The Bertz CT molecular complexity index is 848. The molecule has 7 nitrogen and oxygen atoms in total. The molecular weight excluding hydrogens is 365 g/mol. The van der Waals surface area contributed by atoms with Crippen molar-refractivity contribution in [3.63, 3.8) is 0 Å². The van der Waals surface area contributed by atoms with Crippen LogP contribution >= 0.6 is 0 Å². The van der Waals surface area contributed by atoms with Crippen LogP contribution in [0, 0.1) is 15.9 Å². The number of nitro groups is 1. The van der Waals surface area contributed by atoms with Crippen LogP contribution in [0.15, 0.2) is 42.5 Å². The molecule has 0 atom stereocenters. The molecule has 0 aliphatic carbocycles. The number of anilines is 1. The molecule has 1 amide bonds. The van der Waals surface area contributed by atoms with E-state index in [-0.39, 0.29) is 11.4 Å². The molecule has 2 rings (SSSR count). The maximum atomic E-state index is 13.4. The highest BCUT2D eigenvalue weighted by atomic mass is 19.1. The van der Waals surface area contributed by atoms with Gasteiger partial charge in [0.1, 0.15) is 17.1 Å². The van der Waals surface area contributed by atoms with E-state index in [2.05, 4.69) is 5.32 Å². The highest BCUT2D eigenvalue weighted by molar-refractivity contribution is 5.67. The van der Waals surface area contributed by atoms with Crippen LogP contribution in [0.5, 0.6) is 0 Å². The standard InChI is InChI=1S/C20H24FN3O4/c1-20(2,3)28-19(25)23(4)13-15-7-5-14(6-8-15)12-22-17-11-16(21)9-10-18(17)24(26)27/h5-11,22H,12-13H2,1-4H3. The van der Waals surface area contributed by atoms with Crippen LogP contribution in [0.2, 0.25) is 0 Å². The molecule has 0 saturated heterocycles. The largest absolute Gasteiger partial charge is 0.444 e. The van der Waals surface area contributed by atoms with Crippen molar-refractivity contribution in [1.82, 2.24) is 4.90 Å². The van der Waals surface area contributed by atoms with Gasteiger partial charge in [-0.25, -0.2) is 9.18 Å². The Labute approximate surface area is 163 Å². The van der Waals surface area contributed by atoms with Gasteiger partial charge in [-0.2, -0.15) is 0 Å². The average molecular weight is 389 g/mol. The van der Waals surface area contributed by atoms with E-state index in [4.69, 9.17) is 4.74 Å². The summed E-state index contributed by atoms with van der Waals surface area (Å²) >= 11 is 0. The fraction of sp³-hybridized carbons (Fsp3) is 0.350. The molecule has 0 radical (unpaired) electrons. The minimum absolute atomic E-state index is 0.124. The highest BCUT2D eigenvalue weighted by Crippen LogP contribution is 2.25. The third-order valence-electron chi connectivity index (χ3n) is 3.79. The van der Waals surface area contributed by atoms with Gasteiger partial charge in [0.15, 0.2) is 0 Å². The lowest BCUT2D eigenvalue weighted by Crippen LogP contribution is -2.33. The quantitative estimate of drug-likeness (QED) is 0.571. The van der Waals surface area contributed by atoms with E-state index in [9.17, 15) is 19.3 Å². The average Bonchev–Trinajstić information content (AvgIpc) is 2.59. The smallest absolute Gasteiger partial charge is 0.410 e. The molecule has 0 aliphatic rings. The molecule has 0 aliphatic heterocycles. The molecule has 2 aromatic rings. The van der Waals surface area contributed by atoms with Crippen molar-refractivity contribution >= 4 is 17.5 Å². The first kappa shape index (κ1) is 21.1. The Morgan fingerprint density at radius 2 is 1.79 bits per heavy atom. The first-order valence-electron chi connectivity index (χ1n) is 8.75. The number of benzene rings is 2. The summed E-state index contributed by atoms with van der Waals surface area (Å²) in [5, 5.41) is 13.9. The topological polar surface area (TPSA) is 84.7 Å². The van der Waals surface area contributed by atoms with Crippen molar-refractivity contribution < 1.29 is 18.8 Å². The van der Waals surface area contributed by atoms with Crippen molar-refractivity contribution in [3.8, 4) is 0 Å². The van der Waals surface area contributed by atoms with Crippen LogP contribution in [0.3, 0.4) is 0 Å². The number of hydrogen-bond donors (Lipinski definition) is 1. The first-order chi connectivity index (χ1) is 13.0. The summed E-state index contributed by atoms with van der Waals surface area (Å²) in [5.74, 6) is -0.548. The van der Waals surface area contributed by atoms with E-state index in [0.29, 0.717) is 13.1 Å². The molecule has 0 spiro atoms. The lowest BCUT2D eigenvalue weighted by Gasteiger charge is -2.24. The van der Waals surface area contributed by atoms with Crippen molar-refractivity contribution in [2.45, 2.75) is 39.5 Å². The van der Waals surface area contributed by atoms with Crippen molar-refractivity contribution in [1.29, 1.82) is 0 Å². The fourth-order valence-electron chi connectivity index (χ4n) is 2.45. The van der Waals surface area contributed by atoms with Gasteiger partial charge in [-0.15, -0.1) is 0 Å². The Morgan fingerprint density at radius 3 is 2.36 bits per heavy atom. The normalized spacial score (nSPS) is 11.0. The molecule has 0 unspecified atom stereocenters. The van der Waals surface area contributed by atoms with Crippen molar-refractivity contribution in [2.24, 2.45) is 0 Å². The van der Waals surface area contributed by atoms with E-state index in [0.717, 1.165) is 29.3 Å². The Kier molecular flexibility index (Phi) is 6.56. The summed E-state index contributed by atoms with van der Waals surface area (Å²) in [6.45, 7) is 6.11. The number of amides is 1. The molecule has 0 bridgehead atoms. The predicted octanol–water partition coefficient (Wildman–Crippen LogP) is 4.71. The monoisotopic (exact) mass is 389 g/mol. The summed E-state index contributed by atoms with van der Waals surface area (Å²) in [4.78, 5) is 24.0. The molecule has 1 N–H and O–H groups in total. The predicted molar refractivity (Wildman–Crippen MR) is 105 cm³/mol. The van der Waals surface area contributed by atoms with Gasteiger partial charge in [0.2, 0.25) is 0 Å². The number of nitro benzene ring substituents is 1. The number of rotatable bonds is 6. The zero-order valence-corrected chi connectivity index (χ0v) is 16.4. The maximum absolute atomic E-state index is 13.4. The number of ether oxygens (including phenoxy) is 1. The lowest BCUT2D eigenvalue weighted by molar-refractivity contribution is -0.384. The van der Waals surface area contributed by atoms with Gasteiger partial charge in [-0.05, 0) is 38.0 Å². The number of carbonyl (C=O) groups is 1. The first-order valence-corrected chi connectivity index (χ1v) is 8.75. The summed E-state index contributed by atoms with van der Waals surface area (Å²) in [5.41, 5.74) is 1.16. The number of halogens is 1. The molecule has 28 heavy (non-hydrogen) atoms. The second-order valence-corrected chi connectivity index (χ2v) is 7.43. The lowest BCUT2D eigenvalue weighted by atomic mass is 10.1.